The Bertz CT molecular complexity index is 488. The van der Waals surface area contributed by atoms with Crippen LogP contribution in [0.5, 0.6) is 11.5 Å². The molecule has 0 saturated heterocycles. The zero-order valence-electron chi connectivity index (χ0n) is 12.3. The number of ether oxygens (including phenoxy) is 2. The first-order chi connectivity index (χ1) is 9.65. The minimum Gasteiger partial charge on any atom is -0.454 e. The largest absolute Gasteiger partial charge is 0.454 e. The van der Waals surface area contributed by atoms with E-state index in [2.05, 4.69) is 17.6 Å². The van der Waals surface area contributed by atoms with Gasteiger partial charge in [0, 0.05) is 11.8 Å². The van der Waals surface area contributed by atoms with Crippen LogP contribution < -0.4 is 20.1 Å². The van der Waals surface area contributed by atoms with Gasteiger partial charge in [0.1, 0.15) is 0 Å². The molecule has 5 nitrogen and oxygen atoms in total. The van der Waals surface area contributed by atoms with Crippen molar-refractivity contribution < 1.29 is 14.3 Å². The van der Waals surface area contributed by atoms with Crippen LogP contribution in [0.1, 0.15) is 31.7 Å². The zero-order valence-corrected chi connectivity index (χ0v) is 12.3. The van der Waals surface area contributed by atoms with E-state index in [1.165, 1.54) is 0 Å². The Hall–Kier alpha value is -1.75. The van der Waals surface area contributed by atoms with Crippen LogP contribution in [0, 0.1) is 6.92 Å². The fraction of sp³-hybridized carbons (Fsp3) is 0.533. The standard InChI is InChI=1S/C15H22N2O3/c1-4-5-6-11(16-3)15(18)17-12-8-14-13(7-10(12)2)19-9-20-14/h7-8,11,16H,4-6,9H2,1-3H3,(H,17,18). The van der Waals surface area contributed by atoms with Crippen LogP contribution in [0.25, 0.3) is 0 Å². The lowest BCUT2D eigenvalue weighted by Crippen LogP contribution is -2.38. The van der Waals surface area contributed by atoms with E-state index in [4.69, 9.17) is 9.47 Å². The lowest BCUT2D eigenvalue weighted by Gasteiger charge is -2.17. The molecular formula is C15H22N2O3. The first-order valence-electron chi connectivity index (χ1n) is 7.04. The normalized spacial score (nSPS) is 14.2. The molecule has 1 atom stereocenters. The highest BCUT2D eigenvalue weighted by atomic mass is 16.7. The van der Waals surface area contributed by atoms with Gasteiger partial charge in [-0.2, -0.15) is 0 Å². The third-order valence-electron chi connectivity index (χ3n) is 3.49. The maximum absolute atomic E-state index is 12.3. The quantitative estimate of drug-likeness (QED) is 0.839. The van der Waals surface area contributed by atoms with E-state index >= 15 is 0 Å². The highest BCUT2D eigenvalue weighted by molar-refractivity contribution is 5.95. The summed E-state index contributed by atoms with van der Waals surface area (Å²) in [5.41, 5.74) is 1.74. The van der Waals surface area contributed by atoms with Gasteiger partial charge in [-0.25, -0.2) is 0 Å². The van der Waals surface area contributed by atoms with Crippen LogP contribution in [0.15, 0.2) is 12.1 Å². The van der Waals surface area contributed by atoms with E-state index in [-0.39, 0.29) is 18.7 Å². The summed E-state index contributed by atoms with van der Waals surface area (Å²) in [5, 5.41) is 6.02. The van der Waals surface area contributed by atoms with E-state index in [1.807, 2.05) is 26.1 Å². The van der Waals surface area contributed by atoms with Gasteiger partial charge in [-0.3, -0.25) is 4.79 Å². The summed E-state index contributed by atoms with van der Waals surface area (Å²) >= 11 is 0. The first kappa shape index (κ1) is 14.7. The smallest absolute Gasteiger partial charge is 0.241 e. The molecule has 0 spiro atoms. The monoisotopic (exact) mass is 278 g/mol. The predicted molar refractivity (Wildman–Crippen MR) is 78.3 cm³/mol. The highest BCUT2D eigenvalue weighted by Crippen LogP contribution is 2.36. The maximum Gasteiger partial charge on any atom is 0.241 e. The number of aryl methyl sites for hydroxylation is 1. The number of carbonyl (C=O) groups excluding carboxylic acids is 1. The van der Waals surface area contributed by atoms with Gasteiger partial charge in [-0.1, -0.05) is 19.8 Å². The van der Waals surface area contributed by atoms with E-state index in [1.54, 1.807) is 0 Å². The topological polar surface area (TPSA) is 59.6 Å². The number of rotatable bonds is 6. The van der Waals surface area contributed by atoms with Crippen LogP contribution in [0.2, 0.25) is 0 Å². The van der Waals surface area contributed by atoms with Crippen LogP contribution in [0.3, 0.4) is 0 Å². The van der Waals surface area contributed by atoms with Crippen molar-refractivity contribution in [2.24, 2.45) is 0 Å². The number of amides is 1. The Labute approximate surface area is 119 Å². The molecule has 0 aromatic heterocycles. The number of nitrogens with one attached hydrogen (secondary N) is 2. The van der Waals surface area contributed by atoms with Gasteiger partial charge < -0.3 is 20.1 Å². The van der Waals surface area contributed by atoms with Gasteiger partial charge in [0.2, 0.25) is 12.7 Å². The summed E-state index contributed by atoms with van der Waals surface area (Å²) in [6.07, 6.45) is 2.94. The predicted octanol–water partition coefficient (Wildman–Crippen LogP) is 2.44. The van der Waals surface area contributed by atoms with Crippen molar-refractivity contribution in [2.45, 2.75) is 39.2 Å². The summed E-state index contributed by atoms with van der Waals surface area (Å²) in [5.74, 6) is 1.40. The molecule has 1 aliphatic heterocycles. The first-order valence-corrected chi connectivity index (χ1v) is 7.04. The number of carbonyl (C=O) groups is 1. The Morgan fingerprint density at radius 2 is 2.05 bits per heavy atom. The molecule has 0 aliphatic carbocycles. The van der Waals surface area contributed by atoms with Gasteiger partial charge in [0.05, 0.1) is 6.04 Å². The average Bonchev–Trinajstić information content (AvgIpc) is 2.87. The van der Waals surface area contributed by atoms with Crippen molar-refractivity contribution in [3.63, 3.8) is 0 Å². The van der Waals surface area contributed by atoms with Crippen LogP contribution in [0.4, 0.5) is 5.69 Å². The fourth-order valence-corrected chi connectivity index (χ4v) is 2.21. The van der Waals surface area contributed by atoms with Crippen molar-refractivity contribution in [1.29, 1.82) is 0 Å². The Morgan fingerprint density at radius 1 is 1.35 bits per heavy atom. The summed E-state index contributed by atoms with van der Waals surface area (Å²) in [7, 11) is 1.81. The molecule has 5 heteroatoms. The highest BCUT2D eigenvalue weighted by Gasteiger charge is 2.20. The summed E-state index contributed by atoms with van der Waals surface area (Å²) < 4.78 is 10.7. The molecule has 0 fully saturated rings. The maximum atomic E-state index is 12.3. The van der Waals surface area contributed by atoms with Crippen LogP contribution in [-0.4, -0.2) is 25.8 Å². The summed E-state index contributed by atoms with van der Waals surface area (Å²) in [6.45, 7) is 4.30. The molecule has 1 aromatic carbocycles. The molecule has 0 saturated carbocycles. The van der Waals surface area contributed by atoms with Crippen molar-refractivity contribution in [3.8, 4) is 11.5 Å². The lowest BCUT2D eigenvalue weighted by molar-refractivity contribution is -0.118. The third-order valence-corrected chi connectivity index (χ3v) is 3.49. The molecule has 2 rings (SSSR count). The molecule has 20 heavy (non-hydrogen) atoms. The molecule has 110 valence electrons. The van der Waals surface area contributed by atoms with E-state index < -0.39 is 0 Å². The van der Waals surface area contributed by atoms with E-state index in [0.717, 1.165) is 36.3 Å². The van der Waals surface area contributed by atoms with Gasteiger partial charge in [0.15, 0.2) is 11.5 Å². The molecule has 0 bridgehead atoms. The molecule has 1 amide bonds. The van der Waals surface area contributed by atoms with Crippen molar-refractivity contribution in [3.05, 3.63) is 17.7 Å². The van der Waals surface area contributed by atoms with Crippen LogP contribution >= 0.6 is 0 Å². The number of fused-ring (bicyclic) bond motifs is 1. The Balaban J connectivity index is 2.07. The number of hydrogen-bond acceptors (Lipinski definition) is 4. The summed E-state index contributed by atoms with van der Waals surface area (Å²) in [4.78, 5) is 12.3. The lowest BCUT2D eigenvalue weighted by atomic mass is 10.1. The van der Waals surface area contributed by atoms with Crippen molar-refractivity contribution >= 4 is 11.6 Å². The number of anilines is 1. The molecule has 2 N–H and O–H groups in total. The fourth-order valence-electron chi connectivity index (χ4n) is 2.21. The molecule has 1 aliphatic rings. The minimum atomic E-state index is -0.167. The molecule has 1 heterocycles. The third kappa shape index (κ3) is 3.22. The minimum absolute atomic E-state index is 0.0112. The second kappa shape index (κ2) is 6.61. The molecule has 1 unspecified atom stereocenters. The molecule has 1 aromatic rings. The van der Waals surface area contributed by atoms with Gasteiger partial charge in [-0.05, 0) is 32.0 Å². The Morgan fingerprint density at radius 3 is 2.70 bits per heavy atom. The summed E-state index contributed by atoms with van der Waals surface area (Å²) in [6, 6.07) is 3.54. The SMILES string of the molecule is CCCCC(NC)C(=O)Nc1cc2c(cc1C)OCO2. The second-order valence-electron chi connectivity index (χ2n) is 4.99. The van der Waals surface area contributed by atoms with E-state index in [9.17, 15) is 4.79 Å². The average molecular weight is 278 g/mol. The van der Waals surface area contributed by atoms with Crippen molar-refractivity contribution in [2.75, 3.05) is 19.2 Å². The number of benzene rings is 1. The van der Waals surface area contributed by atoms with Gasteiger partial charge in [0.25, 0.3) is 0 Å². The van der Waals surface area contributed by atoms with Crippen LogP contribution in [-0.2, 0) is 4.79 Å². The number of likely N-dealkylation sites (N-methyl/N-ethyl adjacent to an activating group) is 1. The molecular weight excluding hydrogens is 256 g/mol. The van der Waals surface area contributed by atoms with E-state index in [0.29, 0.717) is 5.75 Å². The zero-order chi connectivity index (χ0) is 14.5. The second-order valence-corrected chi connectivity index (χ2v) is 4.99. The van der Waals surface area contributed by atoms with Gasteiger partial charge in [-0.15, -0.1) is 0 Å². The number of hydrogen-bond donors (Lipinski definition) is 2. The Kier molecular flexibility index (Phi) is 4.84. The van der Waals surface area contributed by atoms with Crippen molar-refractivity contribution in [1.82, 2.24) is 5.32 Å². The van der Waals surface area contributed by atoms with Gasteiger partial charge >= 0.3 is 0 Å². The number of unbranched alkanes of at least 4 members (excludes halogenated alkanes) is 1. The molecule has 0 radical (unpaired) electrons.